The van der Waals surface area contributed by atoms with Gasteiger partial charge in [-0.1, -0.05) is 78.6 Å². The van der Waals surface area contributed by atoms with Crippen LogP contribution in [0.1, 0.15) is 13.8 Å². The predicted molar refractivity (Wildman–Crippen MR) is 114 cm³/mol. The van der Waals surface area contributed by atoms with Crippen molar-refractivity contribution in [3.63, 3.8) is 0 Å². The van der Waals surface area contributed by atoms with E-state index < -0.39 is 0 Å². The van der Waals surface area contributed by atoms with Crippen molar-refractivity contribution in [2.24, 2.45) is 17.3 Å². The van der Waals surface area contributed by atoms with Crippen molar-refractivity contribution >= 4 is 34.8 Å². The van der Waals surface area contributed by atoms with Crippen molar-refractivity contribution < 1.29 is 9.32 Å². The third kappa shape index (κ3) is 4.07. The summed E-state index contributed by atoms with van der Waals surface area (Å²) >= 11 is 11.6. The Morgan fingerprint density at radius 2 is 1.83 bits per heavy atom. The van der Waals surface area contributed by atoms with E-state index in [1.165, 1.54) is 0 Å². The number of carbonyl (C=O) groups excluding carboxylic acids is 1. The summed E-state index contributed by atoms with van der Waals surface area (Å²) < 4.78 is 5.59. The van der Waals surface area contributed by atoms with Crippen LogP contribution in [0.4, 0.5) is 5.69 Å². The highest BCUT2D eigenvalue weighted by atomic mass is 35.5. The van der Waals surface area contributed by atoms with Crippen LogP contribution in [0.3, 0.4) is 0 Å². The molecule has 148 valence electrons. The van der Waals surface area contributed by atoms with E-state index in [0.29, 0.717) is 17.4 Å². The smallest absolute Gasteiger partial charge is 0.258 e. The van der Waals surface area contributed by atoms with Crippen LogP contribution in [0.25, 0.3) is 22.8 Å². The molecule has 1 amide bonds. The molecular formula is C22H19Cl2N3O2. The monoisotopic (exact) mass is 427 g/mol. The van der Waals surface area contributed by atoms with Gasteiger partial charge >= 0.3 is 0 Å². The number of hydrogen-bond donors (Lipinski definition) is 1. The predicted octanol–water partition coefficient (Wildman–Crippen LogP) is 5.93. The quantitative estimate of drug-likeness (QED) is 0.547. The summed E-state index contributed by atoms with van der Waals surface area (Å²) in [6.07, 6.45) is 1.73. The molecule has 1 fully saturated rings. The third-order valence-corrected chi connectivity index (χ3v) is 5.59. The Hall–Kier alpha value is -2.63. The molecule has 4 rings (SSSR count). The van der Waals surface area contributed by atoms with Crippen LogP contribution in [0.2, 0.25) is 0 Å². The molecule has 2 aromatic carbocycles. The average molecular weight is 428 g/mol. The van der Waals surface area contributed by atoms with Crippen LogP contribution in [-0.4, -0.2) is 16.0 Å². The van der Waals surface area contributed by atoms with Crippen LogP contribution in [0.5, 0.6) is 0 Å². The zero-order valence-corrected chi connectivity index (χ0v) is 17.4. The Balaban J connectivity index is 1.51. The lowest BCUT2D eigenvalue weighted by Gasteiger charge is -2.07. The second-order valence-corrected chi connectivity index (χ2v) is 8.65. The number of rotatable bonds is 5. The number of halogens is 2. The van der Waals surface area contributed by atoms with Gasteiger partial charge < -0.3 is 9.84 Å². The first-order valence-corrected chi connectivity index (χ1v) is 9.95. The second-order valence-electron chi connectivity index (χ2n) is 7.64. The molecule has 0 spiro atoms. The Labute approximate surface area is 178 Å². The molecule has 0 aliphatic heterocycles. The Bertz CT molecular complexity index is 1070. The highest BCUT2D eigenvalue weighted by Gasteiger charge is 2.60. The molecule has 7 heteroatoms. The van der Waals surface area contributed by atoms with E-state index in [0.717, 1.165) is 11.1 Å². The second kappa shape index (κ2) is 7.65. The minimum absolute atomic E-state index is 0.0139. The van der Waals surface area contributed by atoms with E-state index in [1.807, 2.05) is 68.4 Å². The number of allylic oxidation sites excluding steroid dienone is 1. The lowest BCUT2D eigenvalue weighted by Crippen LogP contribution is -2.16. The molecule has 1 N–H and O–H groups in total. The summed E-state index contributed by atoms with van der Waals surface area (Å²) in [6, 6.07) is 16.9. The van der Waals surface area contributed by atoms with Crippen molar-refractivity contribution in [1.29, 1.82) is 0 Å². The number of benzene rings is 2. The average Bonchev–Trinajstić information content (AvgIpc) is 3.05. The molecule has 1 heterocycles. The Morgan fingerprint density at radius 3 is 2.55 bits per heavy atom. The van der Waals surface area contributed by atoms with Crippen LogP contribution in [0, 0.1) is 17.3 Å². The van der Waals surface area contributed by atoms with Gasteiger partial charge in [0.1, 0.15) is 4.49 Å². The minimum atomic E-state index is -0.188. The number of nitrogens with one attached hydrogen (secondary N) is 1. The topological polar surface area (TPSA) is 68.0 Å². The van der Waals surface area contributed by atoms with Gasteiger partial charge in [0.2, 0.25) is 11.7 Å². The normalized spacial score (nSPS) is 19.4. The van der Waals surface area contributed by atoms with Crippen LogP contribution >= 0.6 is 23.2 Å². The first kappa shape index (κ1) is 19.7. The summed E-state index contributed by atoms with van der Waals surface area (Å²) in [6.45, 7) is 4.05. The zero-order chi connectivity index (χ0) is 20.6. The lowest BCUT2D eigenvalue weighted by atomic mass is 10.1. The molecule has 29 heavy (non-hydrogen) atoms. The number of hydrogen-bond acceptors (Lipinski definition) is 4. The number of nitrogens with zero attached hydrogens (tertiary/aromatic N) is 2. The minimum Gasteiger partial charge on any atom is -0.334 e. The summed E-state index contributed by atoms with van der Waals surface area (Å²) in [5.74, 6) is 0.661. The Morgan fingerprint density at radius 1 is 1.10 bits per heavy atom. The van der Waals surface area contributed by atoms with E-state index in [2.05, 4.69) is 15.5 Å². The van der Waals surface area contributed by atoms with Gasteiger partial charge in [0.25, 0.3) is 5.89 Å². The molecule has 0 bridgehead atoms. The molecular weight excluding hydrogens is 409 g/mol. The van der Waals surface area contributed by atoms with Crippen LogP contribution < -0.4 is 5.32 Å². The van der Waals surface area contributed by atoms with E-state index in [9.17, 15) is 4.79 Å². The largest absolute Gasteiger partial charge is 0.334 e. The van der Waals surface area contributed by atoms with Gasteiger partial charge in [-0.15, -0.1) is 0 Å². The fourth-order valence-corrected chi connectivity index (χ4v) is 3.89. The molecule has 0 radical (unpaired) electrons. The molecule has 1 aliphatic rings. The number of aromatic nitrogens is 2. The number of carbonyl (C=O) groups is 1. The highest BCUT2D eigenvalue weighted by Crippen LogP contribution is 2.60. The highest BCUT2D eigenvalue weighted by molar-refractivity contribution is 6.55. The van der Waals surface area contributed by atoms with Crippen molar-refractivity contribution in [3.8, 4) is 22.8 Å². The van der Waals surface area contributed by atoms with Gasteiger partial charge in [-0.05, 0) is 35.6 Å². The Kier molecular flexibility index (Phi) is 5.19. The molecule has 1 aromatic heterocycles. The number of anilines is 1. The molecule has 0 saturated heterocycles. The first-order chi connectivity index (χ1) is 13.9. The van der Waals surface area contributed by atoms with E-state index in [1.54, 1.807) is 6.08 Å². The summed E-state index contributed by atoms with van der Waals surface area (Å²) in [4.78, 5) is 17.2. The van der Waals surface area contributed by atoms with E-state index >= 15 is 0 Å². The van der Waals surface area contributed by atoms with E-state index in [4.69, 9.17) is 27.7 Å². The first-order valence-electron chi connectivity index (χ1n) is 9.19. The summed E-state index contributed by atoms with van der Waals surface area (Å²) in [5, 5.41) is 7.01. The van der Waals surface area contributed by atoms with Gasteiger partial charge in [0, 0.05) is 16.8 Å². The molecule has 2 atom stereocenters. The van der Waals surface area contributed by atoms with Crippen molar-refractivity contribution in [1.82, 2.24) is 10.1 Å². The van der Waals surface area contributed by atoms with Gasteiger partial charge in [0.05, 0.1) is 5.92 Å². The maximum atomic E-state index is 12.7. The number of amides is 1. The van der Waals surface area contributed by atoms with Crippen LogP contribution in [0.15, 0.2) is 69.7 Å². The lowest BCUT2D eigenvalue weighted by molar-refractivity contribution is -0.118. The van der Waals surface area contributed by atoms with Gasteiger partial charge in [0.15, 0.2) is 0 Å². The summed E-state index contributed by atoms with van der Waals surface area (Å²) in [7, 11) is 0. The molecule has 1 aliphatic carbocycles. The van der Waals surface area contributed by atoms with Crippen molar-refractivity contribution in [2.45, 2.75) is 13.8 Å². The van der Waals surface area contributed by atoms with E-state index in [-0.39, 0.29) is 27.6 Å². The third-order valence-electron chi connectivity index (χ3n) is 5.33. The molecule has 1 saturated carbocycles. The van der Waals surface area contributed by atoms with Gasteiger partial charge in [-0.3, -0.25) is 4.79 Å². The standard InChI is InChI=1S/C22H19Cl2N3O2/c1-22(2)16(12-17(23)24)18(22)20(28)25-15-10-6-9-14(11-15)21-26-19(27-29-21)13-7-4-3-5-8-13/h3-12,16,18H,1-2H3,(H,25,28). The van der Waals surface area contributed by atoms with Crippen molar-refractivity contribution in [3.05, 3.63) is 65.2 Å². The summed E-state index contributed by atoms with van der Waals surface area (Å²) in [5.41, 5.74) is 2.08. The zero-order valence-electron chi connectivity index (χ0n) is 15.9. The van der Waals surface area contributed by atoms with Gasteiger partial charge in [-0.25, -0.2) is 0 Å². The molecule has 5 nitrogen and oxygen atoms in total. The maximum absolute atomic E-state index is 12.7. The van der Waals surface area contributed by atoms with Crippen molar-refractivity contribution in [2.75, 3.05) is 5.32 Å². The molecule has 3 aromatic rings. The van der Waals surface area contributed by atoms with Crippen LogP contribution in [-0.2, 0) is 4.79 Å². The maximum Gasteiger partial charge on any atom is 0.258 e. The fourth-order valence-electron chi connectivity index (χ4n) is 3.62. The SMILES string of the molecule is CC1(C)C(C=C(Cl)Cl)C1C(=O)Nc1cccc(-c2nc(-c3ccccc3)no2)c1. The van der Waals surface area contributed by atoms with Gasteiger partial charge in [-0.2, -0.15) is 4.98 Å². The molecule has 2 unspecified atom stereocenters. The fraction of sp³-hybridized carbons (Fsp3) is 0.227.